The van der Waals surface area contributed by atoms with Crippen LogP contribution in [0.4, 0.5) is 4.39 Å². The standard InChI is InChI=1S/C26H28FN3O2/c1-32-23-9-4-6-19(16-23)18-30-14-11-20(12-15-30)25(24-10-2-3-13-28-24)29-26(31)21-7-5-8-22(27)17-21/h2-10,13,16-17,20,25H,11-12,14-15,18H2,1H3,(H,29,31). The van der Waals surface area contributed by atoms with Crippen LogP contribution in [0.15, 0.2) is 72.9 Å². The van der Waals surface area contributed by atoms with E-state index >= 15 is 0 Å². The van der Waals surface area contributed by atoms with Crippen molar-refractivity contribution in [2.24, 2.45) is 5.92 Å². The number of nitrogens with one attached hydrogen (secondary N) is 1. The first-order valence-electron chi connectivity index (χ1n) is 10.9. The number of rotatable bonds is 7. The lowest BCUT2D eigenvalue weighted by atomic mass is 9.87. The molecule has 6 heteroatoms. The van der Waals surface area contributed by atoms with Crippen LogP contribution in [0.1, 0.15) is 40.5 Å². The molecule has 0 saturated carbocycles. The van der Waals surface area contributed by atoms with Gasteiger partial charge in [0.15, 0.2) is 0 Å². The van der Waals surface area contributed by atoms with Crippen LogP contribution >= 0.6 is 0 Å². The fourth-order valence-corrected chi connectivity index (χ4v) is 4.32. The highest BCUT2D eigenvalue weighted by Gasteiger charge is 2.30. The Kier molecular flexibility index (Phi) is 7.12. The Labute approximate surface area is 188 Å². The molecule has 0 radical (unpaired) electrons. The Bertz CT molecular complexity index is 1040. The summed E-state index contributed by atoms with van der Waals surface area (Å²) in [5, 5.41) is 3.12. The van der Waals surface area contributed by atoms with E-state index in [1.807, 2.05) is 30.3 Å². The second kappa shape index (κ2) is 10.4. The zero-order chi connectivity index (χ0) is 22.3. The third kappa shape index (κ3) is 5.51. The van der Waals surface area contributed by atoms with Gasteiger partial charge in [0.1, 0.15) is 11.6 Å². The molecule has 1 atom stereocenters. The summed E-state index contributed by atoms with van der Waals surface area (Å²) in [5.74, 6) is 0.425. The number of methoxy groups -OCH3 is 1. The second-order valence-corrected chi connectivity index (χ2v) is 8.18. The number of nitrogens with zero attached hydrogens (tertiary/aromatic N) is 2. The van der Waals surface area contributed by atoms with Crippen LogP contribution in [0.2, 0.25) is 0 Å². The Hall–Kier alpha value is -3.25. The van der Waals surface area contributed by atoms with Crippen LogP contribution in [0.5, 0.6) is 5.75 Å². The highest BCUT2D eigenvalue weighted by atomic mass is 19.1. The molecule has 3 aromatic rings. The fraction of sp³-hybridized carbons (Fsp3) is 0.308. The van der Waals surface area contributed by atoms with Crippen molar-refractivity contribution in [2.45, 2.75) is 25.4 Å². The molecule has 0 spiro atoms. The largest absolute Gasteiger partial charge is 0.497 e. The number of hydrogen-bond donors (Lipinski definition) is 1. The van der Waals surface area contributed by atoms with Crippen molar-refractivity contribution in [3.05, 3.63) is 95.6 Å². The molecule has 2 heterocycles. The van der Waals surface area contributed by atoms with Crippen molar-refractivity contribution in [3.63, 3.8) is 0 Å². The predicted octanol–water partition coefficient (Wildman–Crippen LogP) is 4.61. The summed E-state index contributed by atoms with van der Waals surface area (Å²) in [6, 6.07) is 19.5. The van der Waals surface area contributed by atoms with Crippen molar-refractivity contribution < 1.29 is 13.9 Å². The number of carbonyl (C=O) groups is 1. The molecular weight excluding hydrogens is 405 g/mol. The van der Waals surface area contributed by atoms with Crippen LogP contribution in [0.25, 0.3) is 0 Å². The Morgan fingerprint density at radius 2 is 1.94 bits per heavy atom. The Balaban J connectivity index is 1.44. The molecule has 4 rings (SSSR count). The van der Waals surface area contributed by atoms with Gasteiger partial charge in [0.2, 0.25) is 0 Å². The molecule has 1 aromatic heterocycles. The molecule has 1 aliphatic rings. The SMILES string of the molecule is COc1cccc(CN2CCC(C(NC(=O)c3cccc(F)c3)c3ccccn3)CC2)c1. The molecule has 0 bridgehead atoms. The summed E-state index contributed by atoms with van der Waals surface area (Å²) in [5.41, 5.74) is 2.38. The fourth-order valence-electron chi connectivity index (χ4n) is 4.32. The number of pyridine rings is 1. The van der Waals surface area contributed by atoms with E-state index in [-0.39, 0.29) is 17.9 Å². The Morgan fingerprint density at radius 3 is 2.66 bits per heavy atom. The number of halogens is 1. The van der Waals surface area contributed by atoms with Crippen molar-refractivity contribution in [1.82, 2.24) is 15.2 Å². The summed E-state index contributed by atoms with van der Waals surface area (Å²) < 4.78 is 18.9. The molecule has 2 aromatic carbocycles. The van der Waals surface area contributed by atoms with Crippen LogP contribution in [0.3, 0.4) is 0 Å². The van der Waals surface area contributed by atoms with Gasteiger partial charge in [0, 0.05) is 18.3 Å². The maximum Gasteiger partial charge on any atom is 0.251 e. The molecule has 0 aliphatic carbocycles. The normalized spacial score (nSPS) is 15.8. The lowest BCUT2D eigenvalue weighted by Crippen LogP contribution is -2.40. The minimum absolute atomic E-state index is 0.217. The predicted molar refractivity (Wildman–Crippen MR) is 122 cm³/mol. The first-order chi connectivity index (χ1) is 15.6. The average Bonchev–Trinajstić information content (AvgIpc) is 2.84. The van der Waals surface area contributed by atoms with E-state index in [2.05, 4.69) is 27.3 Å². The summed E-state index contributed by atoms with van der Waals surface area (Å²) in [6.45, 7) is 2.73. The number of piperidine rings is 1. The van der Waals surface area contributed by atoms with Crippen LogP contribution in [-0.4, -0.2) is 36.0 Å². The lowest BCUT2D eigenvalue weighted by molar-refractivity contribution is 0.0888. The molecule has 1 amide bonds. The zero-order valence-electron chi connectivity index (χ0n) is 18.2. The van der Waals surface area contributed by atoms with E-state index in [9.17, 15) is 9.18 Å². The van der Waals surface area contributed by atoms with E-state index in [1.54, 1.807) is 25.4 Å². The number of hydrogen-bond acceptors (Lipinski definition) is 4. The van der Waals surface area contributed by atoms with Gasteiger partial charge in [-0.1, -0.05) is 24.3 Å². The van der Waals surface area contributed by atoms with Gasteiger partial charge in [-0.25, -0.2) is 4.39 Å². The van der Waals surface area contributed by atoms with Gasteiger partial charge in [-0.2, -0.15) is 0 Å². The molecular formula is C26H28FN3O2. The van der Waals surface area contributed by atoms with Crippen molar-refractivity contribution in [1.29, 1.82) is 0 Å². The minimum atomic E-state index is -0.419. The smallest absolute Gasteiger partial charge is 0.251 e. The molecule has 1 saturated heterocycles. The summed E-state index contributed by atoms with van der Waals surface area (Å²) in [4.78, 5) is 19.8. The van der Waals surface area contributed by atoms with Crippen molar-refractivity contribution in [3.8, 4) is 5.75 Å². The zero-order valence-corrected chi connectivity index (χ0v) is 18.2. The number of amides is 1. The number of likely N-dealkylation sites (tertiary alicyclic amines) is 1. The molecule has 1 fully saturated rings. The maximum absolute atomic E-state index is 13.6. The molecule has 5 nitrogen and oxygen atoms in total. The first-order valence-corrected chi connectivity index (χ1v) is 10.9. The van der Waals surface area contributed by atoms with Gasteiger partial charge in [0.25, 0.3) is 5.91 Å². The maximum atomic E-state index is 13.6. The van der Waals surface area contributed by atoms with Gasteiger partial charge in [-0.3, -0.25) is 14.7 Å². The van der Waals surface area contributed by atoms with Crippen molar-refractivity contribution in [2.75, 3.05) is 20.2 Å². The monoisotopic (exact) mass is 433 g/mol. The molecule has 32 heavy (non-hydrogen) atoms. The average molecular weight is 434 g/mol. The third-order valence-corrected chi connectivity index (χ3v) is 6.02. The van der Waals surface area contributed by atoms with Crippen LogP contribution in [-0.2, 0) is 6.54 Å². The number of benzene rings is 2. The Morgan fingerprint density at radius 1 is 1.12 bits per heavy atom. The lowest BCUT2D eigenvalue weighted by Gasteiger charge is -2.36. The molecule has 166 valence electrons. The third-order valence-electron chi connectivity index (χ3n) is 6.02. The number of aromatic nitrogens is 1. The summed E-state index contributed by atoms with van der Waals surface area (Å²) in [7, 11) is 1.68. The van der Waals surface area contributed by atoms with Gasteiger partial charge < -0.3 is 10.1 Å². The summed E-state index contributed by atoms with van der Waals surface area (Å²) in [6.07, 6.45) is 3.62. The second-order valence-electron chi connectivity index (χ2n) is 8.18. The van der Waals surface area contributed by atoms with Gasteiger partial charge >= 0.3 is 0 Å². The van der Waals surface area contributed by atoms with Gasteiger partial charge in [-0.05, 0) is 79.9 Å². The van der Waals surface area contributed by atoms with E-state index in [1.165, 1.54) is 17.7 Å². The number of ether oxygens (including phenoxy) is 1. The van der Waals surface area contributed by atoms with E-state index < -0.39 is 5.82 Å². The quantitative estimate of drug-likeness (QED) is 0.591. The minimum Gasteiger partial charge on any atom is -0.497 e. The molecule has 1 unspecified atom stereocenters. The van der Waals surface area contributed by atoms with Crippen LogP contribution < -0.4 is 10.1 Å². The highest BCUT2D eigenvalue weighted by Crippen LogP contribution is 2.31. The highest BCUT2D eigenvalue weighted by molar-refractivity contribution is 5.94. The van der Waals surface area contributed by atoms with E-state index in [0.717, 1.165) is 43.9 Å². The topological polar surface area (TPSA) is 54.5 Å². The van der Waals surface area contributed by atoms with E-state index in [0.29, 0.717) is 5.56 Å². The van der Waals surface area contributed by atoms with Crippen molar-refractivity contribution >= 4 is 5.91 Å². The van der Waals surface area contributed by atoms with Crippen LogP contribution in [0, 0.1) is 11.7 Å². The number of carbonyl (C=O) groups excluding carboxylic acids is 1. The van der Waals surface area contributed by atoms with Gasteiger partial charge in [-0.15, -0.1) is 0 Å². The van der Waals surface area contributed by atoms with E-state index in [4.69, 9.17) is 4.74 Å². The van der Waals surface area contributed by atoms with Gasteiger partial charge in [0.05, 0.1) is 18.8 Å². The molecule has 1 N–H and O–H groups in total. The first kappa shape index (κ1) is 22.0. The summed E-state index contributed by atoms with van der Waals surface area (Å²) >= 11 is 0. The molecule has 1 aliphatic heterocycles.